The molecule has 7 N–H and O–H groups in total. The second-order valence-electron chi connectivity index (χ2n) is 10.5. The monoisotopic (exact) mass is 574 g/mol. The molecule has 0 radical (unpaired) electrons. The molecule has 0 aliphatic rings. The summed E-state index contributed by atoms with van der Waals surface area (Å²) in [5.41, 5.74) is 14.6. The summed E-state index contributed by atoms with van der Waals surface area (Å²) in [5, 5.41) is 8.80. The van der Waals surface area contributed by atoms with Gasteiger partial charge in [-0.1, -0.05) is 60.2 Å². The summed E-state index contributed by atoms with van der Waals surface area (Å²) in [6.45, 7) is 2.18. The smallest absolute Gasteiger partial charge is 0.255 e. The van der Waals surface area contributed by atoms with E-state index in [4.69, 9.17) is 11.5 Å². The summed E-state index contributed by atoms with van der Waals surface area (Å²) >= 11 is 0. The van der Waals surface area contributed by atoms with Gasteiger partial charge in [-0.15, -0.1) is 0 Å². The topological polar surface area (TPSA) is 155 Å². The van der Waals surface area contributed by atoms with Crippen LogP contribution in [0, 0.1) is 6.92 Å². The average Bonchev–Trinajstić information content (AvgIpc) is 3.42. The predicted molar refractivity (Wildman–Crippen MR) is 171 cm³/mol. The first kappa shape index (κ1) is 29.1. The van der Waals surface area contributed by atoms with Crippen LogP contribution in [0.15, 0.2) is 96.1 Å². The van der Waals surface area contributed by atoms with E-state index in [9.17, 15) is 14.4 Å². The Morgan fingerprint density at radius 2 is 1.65 bits per heavy atom. The van der Waals surface area contributed by atoms with Gasteiger partial charge in [0.15, 0.2) is 11.7 Å². The van der Waals surface area contributed by atoms with Crippen molar-refractivity contribution in [3.63, 3.8) is 0 Å². The van der Waals surface area contributed by atoms with Gasteiger partial charge in [0.2, 0.25) is 0 Å². The first-order valence-corrected chi connectivity index (χ1v) is 14.1. The zero-order valence-electron chi connectivity index (χ0n) is 23.9. The van der Waals surface area contributed by atoms with Gasteiger partial charge in [0.1, 0.15) is 0 Å². The van der Waals surface area contributed by atoms with Crippen molar-refractivity contribution in [2.24, 2.45) is 16.5 Å². The average molecular weight is 575 g/mol. The van der Waals surface area contributed by atoms with Crippen LogP contribution in [0.2, 0.25) is 0 Å². The SMILES string of the molecule is Cc1ccc(NC(=O)c2ccc3ccccc3c2)c(C(=O)N[C@@H](Cc2c[nH]c3ccccc23)C(=O)CCCN=C(N)N)c1. The lowest BCUT2D eigenvalue weighted by Gasteiger charge is -2.19. The second kappa shape index (κ2) is 13.0. The number of hydrogen-bond donors (Lipinski definition) is 5. The number of Topliss-reactive ketones (excluding diaryl/α,β-unsaturated/α-hetero) is 1. The van der Waals surface area contributed by atoms with Crippen LogP contribution >= 0.6 is 0 Å². The summed E-state index contributed by atoms with van der Waals surface area (Å²) in [6.07, 6.45) is 2.78. The van der Waals surface area contributed by atoms with Crippen molar-refractivity contribution in [2.45, 2.75) is 32.2 Å². The highest BCUT2D eigenvalue weighted by Crippen LogP contribution is 2.23. The maximum atomic E-state index is 13.8. The number of H-pyrrole nitrogens is 1. The molecule has 1 atom stereocenters. The molecule has 0 aliphatic heterocycles. The number of anilines is 1. The Morgan fingerprint density at radius 3 is 2.47 bits per heavy atom. The minimum atomic E-state index is -0.810. The van der Waals surface area contributed by atoms with E-state index in [1.165, 1.54) is 0 Å². The van der Waals surface area contributed by atoms with Crippen LogP contribution in [-0.2, 0) is 11.2 Å². The predicted octanol–water partition coefficient (Wildman–Crippen LogP) is 4.85. The van der Waals surface area contributed by atoms with E-state index in [-0.39, 0.29) is 29.6 Å². The molecule has 0 fully saturated rings. The summed E-state index contributed by atoms with van der Waals surface area (Å²) < 4.78 is 0. The maximum absolute atomic E-state index is 13.8. The number of hydrogen-bond acceptors (Lipinski definition) is 4. The van der Waals surface area contributed by atoms with Gasteiger partial charge in [-0.05, 0) is 60.0 Å². The number of nitrogens with one attached hydrogen (secondary N) is 3. The number of rotatable bonds is 11. The third-order valence-electron chi connectivity index (χ3n) is 7.35. The quantitative estimate of drug-likeness (QED) is 0.0867. The summed E-state index contributed by atoms with van der Waals surface area (Å²) in [7, 11) is 0. The molecule has 218 valence electrons. The number of aryl methyl sites for hydroxylation is 1. The molecule has 0 saturated heterocycles. The van der Waals surface area contributed by atoms with Crippen molar-refractivity contribution in [3.05, 3.63) is 113 Å². The van der Waals surface area contributed by atoms with Crippen LogP contribution in [0.1, 0.15) is 44.7 Å². The van der Waals surface area contributed by atoms with Crippen LogP contribution in [0.4, 0.5) is 5.69 Å². The molecule has 2 amide bonds. The summed E-state index contributed by atoms with van der Waals surface area (Å²) in [4.78, 5) is 47.6. The highest BCUT2D eigenvalue weighted by Gasteiger charge is 2.24. The minimum Gasteiger partial charge on any atom is -0.370 e. The van der Waals surface area contributed by atoms with Gasteiger partial charge < -0.3 is 27.1 Å². The van der Waals surface area contributed by atoms with E-state index in [0.29, 0.717) is 30.6 Å². The Balaban J connectivity index is 1.38. The van der Waals surface area contributed by atoms with Crippen LogP contribution < -0.4 is 22.1 Å². The third-order valence-corrected chi connectivity index (χ3v) is 7.35. The number of nitrogens with zero attached hydrogens (tertiary/aromatic N) is 1. The van der Waals surface area contributed by atoms with Crippen LogP contribution in [0.5, 0.6) is 0 Å². The molecular weight excluding hydrogens is 540 g/mol. The molecule has 4 aromatic carbocycles. The van der Waals surface area contributed by atoms with E-state index < -0.39 is 11.9 Å². The van der Waals surface area contributed by atoms with E-state index in [0.717, 1.165) is 32.8 Å². The molecule has 9 nitrogen and oxygen atoms in total. The van der Waals surface area contributed by atoms with E-state index in [1.54, 1.807) is 18.2 Å². The van der Waals surface area contributed by atoms with Crippen molar-refractivity contribution in [1.82, 2.24) is 10.3 Å². The lowest BCUT2D eigenvalue weighted by atomic mass is 9.98. The Hall–Kier alpha value is -5.44. The zero-order chi connectivity index (χ0) is 30.3. The largest absolute Gasteiger partial charge is 0.370 e. The lowest BCUT2D eigenvalue weighted by Crippen LogP contribution is -2.42. The van der Waals surface area contributed by atoms with Crippen LogP contribution in [0.3, 0.4) is 0 Å². The first-order valence-electron chi connectivity index (χ1n) is 14.1. The Labute approximate surface area is 249 Å². The number of aliphatic imine (C=N–C) groups is 1. The molecule has 1 aromatic heterocycles. The van der Waals surface area contributed by atoms with Gasteiger partial charge in [-0.25, -0.2) is 0 Å². The Kier molecular flexibility index (Phi) is 8.81. The number of benzene rings is 4. The molecular formula is C34H34N6O3. The van der Waals surface area contributed by atoms with Gasteiger partial charge in [0, 0.05) is 42.0 Å². The van der Waals surface area contributed by atoms with Crippen molar-refractivity contribution in [3.8, 4) is 0 Å². The normalized spacial score (nSPS) is 11.7. The standard InChI is InChI=1S/C34H34N6O3/c1-21-12-15-29(39-32(42)24-14-13-22-7-2-3-8-23(22)18-24)27(17-21)33(43)40-30(31(41)11-6-16-37-34(35)36)19-25-20-38-28-10-5-4-9-26(25)28/h2-5,7-10,12-15,17-18,20,30,38H,6,11,16,19H2,1H3,(H,39,42)(H,40,43)(H4,35,36,37)/t30-/m0/s1. The van der Waals surface area contributed by atoms with Gasteiger partial charge >= 0.3 is 0 Å². The fourth-order valence-corrected chi connectivity index (χ4v) is 5.12. The number of aromatic amines is 1. The minimum absolute atomic E-state index is 0.0335. The van der Waals surface area contributed by atoms with Crippen molar-refractivity contribution in [1.29, 1.82) is 0 Å². The number of para-hydroxylation sites is 1. The number of carbonyl (C=O) groups excluding carboxylic acids is 3. The number of aromatic nitrogens is 1. The van der Waals surface area contributed by atoms with Crippen LogP contribution in [-0.4, -0.2) is 41.1 Å². The number of guanidine groups is 1. The van der Waals surface area contributed by atoms with E-state index in [1.807, 2.05) is 79.9 Å². The molecule has 5 aromatic rings. The maximum Gasteiger partial charge on any atom is 0.255 e. The molecule has 0 aliphatic carbocycles. The third kappa shape index (κ3) is 7.08. The molecule has 1 heterocycles. The molecule has 9 heteroatoms. The molecule has 0 saturated carbocycles. The molecule has 0 bridgehead atoms. The lowest BCUT2D eigenvalue weighted by molar-refractivity contribution is -0.120. The summed E-state index contributed by atoms with van der Waals surface area (Å²) in [5.74, 6) is -0.970. The van der Waals surface area contributed by atoms with Crippen molar-refractivity contribution in [2.75, 3.05) is 11.9 Å². The highest BCUT2D eigenvalue weighted by atomic mass is 16.2. The van der Waals surface area contributed by atoms with Crippen LogP contribution in [0.25, 0.3) is 21.7 Å². The molecule has 0 spiro atoms. The van der Waals surface area contributed by atoms with Gasteiger partial charge in [-0.2, -0.15) is 0 Å². The fourth-order valence-electron chi connectivity index (χ4n) is 5.12. The van der Waals surface area contributed by atoms with Gasteiger partial charge in [0.05, 0.1) is 17.3 Å². The van der Waals surface area contributed by atoms with E-state index >= 15 is 0 Å². The zero-order valence-corrected chi connectivity index (χ0v) is 23.9. The Morgan fingerprint density at radius 1 is 0.884 bits per heavy atom. The van der Waals surface area contributed by atoms with Gasteiger partial charge in [-0.3, -0.25) is 19.4 Å². The number of carbonyl (C=O) groups is 3. The molecule has 43 heavy (non-hydrogen) atoms. The fraction of sp³-hybridized carbons (Fsp3) is 0.176. The molecule has 5 rings (SSSR count). The van der Waals surface area contributed by atoms with E-state index in [2.05, 4.69) is 20.6 Å². The highest BCUT2D eigenvalue weighted by molar-refractivity contribution is 6.10. The Bertz CT molecular complexity index is 1840. The molecule has 0 unspecified atom stereocenters. The number of fused-ring (bicyclic) bond motifs is 2. The first-order chi connectivity index (χ1) is 20.8. The number of ketones is 1. The number of amides is 2. The second-order valence-corrected chi connectivity index (χ2v) is 10.5. The summed E-state index contributed by atoms with van der Waals surface area (Å²) in [6, 6.07) is 25.5. The number of nitrogens with two attached hydrogens (primary N) is 2. The van der Waals surface area contributed by atoms with Crippen molar-refractivity contribution < 1.29 is 14.4 Å². The van der Waals surface area contributed by atoms with Crippen molar-refractivity contribution >= 4 is 50.9 Å². The van der Waals surface area contributed by atoms with Gasteiger partial charge in [0.25, 0.3) is 11.8 Å².